The van der Waals surface area contributed by atoms with Crippen molar-refractivity contribution < 1.29 is 13.5 Å². The van der Waals surface area contributed by atoms with E-state index < -0.39 is 11.6 Å². The van der Waals surface area contributed by atoms with Crippen LogP contribution in [0, 0.1) is 11.6 Å². The molecule has 5 N–H and O–H groups in total. The Balaban J connectivity index is 0.000000349. The van der Waals surface area contributed by atoms with E-state index in [0.29, 0.717) is 5.82 Å². The number of aromatic amines is 1. The lowest BCUT2D eigenvalue weighted by Crippen LogP contribution is -2.35. The second-order valence-corrected chi connectivity index (χ2v) is 10.2. The first-order valence-corrected chi connectivity index (χ1v) is 13.4. The summed E-state index contributed by atoms with van der Waals surface area (Å²) >= 11 is 3.70. The van der Waals surface area contributed by atoms with Crippen molar-refractivity contribution in [3.63, 3.8) is 0 Å². The molecule has 1 aliphatic heterocycles. The summed E-state index contributed by atoms with van der Waals surface area (Å²) in [5, 5.41) is 0.967. The van der Waals surface area contributed by atoms with E-state index in [1.807, 2.05) is 18.2 Å². The van der Waals surface area contributed by atoms with Crippen molar-refractivity contribution in [1.29, 1.82) is 0 Å². The number of H-pyrrole nitrogens is 1. The molecule has 0 amide bonds. The number of ether oxygens (including phenoxy) is 1. The standard InChI is InChI=1S/C25H25N5O2.C6H4F2S.CH4/c26-22-13-20(14-28-25(22)31)18-5-6-23-19(11-18)12-21(24(27)29-23)17-3-1-16(2-4-17)15-30-7-9-32-10-8-30;7-4-1-2-6(9)5(8)3-4;/h1-6,11-14H,7-10,15,26H2,(H2,27,29)(H,28,31);1-3,9H;1H4. The number of halogens is 2. The first kappa shape index (κ1) is 30.7. The Bertz CT molecular complexity index is 1740. The molecule has 0 bridgehead atoms. The van der Waals surface area contributed by atoms with Crippen LogP contribution in [0.3, 0.4) is 0 Å². The first-order chi connectivity index (χ1) is 19.8. The Morgan fingerprint density at radius 1 is 0.905 bits per heavy atom. The van der Waals surface area contributed by atoms with E-state index >= 15 is 0 Å². The third-order valence-electron chi connectivity index (χ3n) is 6.79. The van der Waals surface area contributed by atoms with Crippen molar-refractivity contribution in [1.82, 2.24) is 14.9 Å². The van der Waals surface area contributed by atoms with Gasteiger partial charge in [0.15, 0.2) is 0 Å². The number of fused-ring (bicyclic) bond motifs is 1. The summed E-state index contributed by atoms with van der Waals surface area (Å²) < 4.78 is 29.8. The van der Waals surface area contributed by atoms with Crippen LogP contribution in [0.25, 0.3) is 33.2 Å². The van der Waals surface area contributed by atoms with Crippen LogP contribution in [0.2, 0.25) is 0 Å². The van der Waals surface area contributed by atoms with E-state index in [2.05, 4.69) is 57.8 Å². The molecule has 5 aromatic rings. The maximum Gasteiger partial charge on any atom is 0.271 e. The van der Waals surface area contributed by atoms with Gasteiger partial charge in [0.2, 0.25) is 0 Å². The molecule has 0 atom stereocenters. The molecule has 0 aliphatic carbocycles. The number of morpholine rings is 1. The summed E-state index contributed by atoms with van der Waals surface area (Å²) in [5.74, 6) is -0.705. The van der Waals surface area contributed by atoms with Crippen molar-refractivity contribution in [3.8, 4) is 22.3 Å². The fraction of sp³-hybridized carbons (Fsp3) is 0.188. The van der Waals surface area contributed by atoms with Crippen LogP contribution in [-0.2, 0) is 11.3 Å². The molecule has 3 aromatic carbocycles. The van der Waals surface area contributed by atoms with Gasteiger partial charge in [-0.1, -0.05) is 37.8 Å². The van der Waals surface area contributed by atoms with Gasteiger partial charge in [-0.2, -0.15) is 0 Å². The summed E-state index contributed by atoms with van der Waals surface area (Å²) in [6.45, 7) is 4.44. The minimum absolute atomic E-state index is 0. The summed E-state index contributed by atoms with van der Waals surface area (Å²) in [4.78, 5) is 21.4. The van der Waals surface area contributed by atoms with Crippen LogP contribution < -0.4 is 17.0 Å². The molecule has 10 heteroatoms. The fourth-order valence-electron chi connectivity index (χ4n) is 4.56. The molecule has 218 valence electrons. The number of nitrogen functional groups attached to an aromatic ring is 2. The first-order valence-electron chi connectivity index (χ1n) is 13.0. The number of hydrogen-bond acceptors (Lipinski definition) is 7. The second-order valence-electron chi connectivity index (χ2n) is 9.68. The lowest BCUT2D eigenvalue weighted by Gasteiger charge is -2.26. The van der Waals surface area contributed by atoms with Gasteiger partial charge in [-0.05, 0) is 53.1 Å². The topological polar surface area (TPSA) is 110 Å². The highest BCUT2D eigenvalue weighted by Gasteiger charge is 2.12. The van der Waals surface area contributed by atoms with Gasteiger partial charge in [-0.25, -0.2) is 13.8 Å². The van der Waals surface area contributed by atoms with Crippen molar-refractivity contribution in [2.45, 2.75) is 18.9 Å². The number of thiol groups is 1. The number of benzene rings is 3. The van der Waals surface area contributed by atoms with Crippen LogP contribution in [0.5, 0.6) is 0 Å². The van der Waals surface area contributed by atoms with Crippen LogP contribution in [0.1, 0.15) is 13.0 Å². The average molecular weight is 590 g/mol. The zero-order valence-electron chi connectivity index (χ0n) is 22.1. The minimum Gasteiger partial charge on any atom is -0.394 e. The number of nitrogens with zero attached hydrogens (tertiary/aromatic N) is 2. The molecule has 0 radical (unpaired) electrons. The second kappa shape index (κ2) is 13.6. The Morgan fingerprint density at radius 2 is 1.62 bits per heavy atom. The normalized spacial score (nSPS) is 13.2. The molecule has 2 aromatic heterocycles. The van der Waals surface area contributed by atoms with Gasteiger partial charge in [0.25, 0.3) is 5.56 Å². The highest BCUT2D eigenvalue weighted by atomic mass is 32.1. The van der Waals surface area contributed by atoms with Crippen molar-refractivity contribution in [3.05, 3.63) is 107 Å². The predicted octanol–water partition coefficient (Wildman–Crippen LogP) is 6.14. The lowest BCUT2D eigenvalue weighted by atomic mass is 10.00. The molecule has 1 saturated heterocycles. The predicted molar refractivity (Wildman–Crippen MR) is 168 cm³/mol. The Kier molecular flexibility index (Phi) is 9.95. The summed E-state index contributed by atoms with van der Waals surface area (Å²) in [5.41, 5.74) is 17.8. The number of nitrogens with one attached hydrogen (secondary N) is 1. The largest absolute Gasteiger partial charge is 0.394 e. The Labute approximate surface area is 248 Å². The maximum absolute atomic E-state index is 12.3. The zero-order chi connectivity index (χ0) is 28.9. The third kappa shape index (κ3) is 7.33. The third-order valence-corrected chi connectivity index (χ3v) is 7.16. The van der Waals surface area contributed by atoms with Crippen molar-refractivity contribution in [2.24, 2.45) is 0 Å². The fourth-order valence-corrected chi connectivity index (χ4v) is 4.70. The molecule has 0 unspecified atom stereocenters. The van der Waals surface area contributed by atoms with Gasteiger partial charge in [-0.3, -0.25) is 9.69 Å². The molecule has 0 saturated carbocycles. The number of hydrogen-bond donors (Lipinski definition) is 4. The number of nitrogens with two attached hydrogens (primary N) is 2. The van der Waals surface area contributed by atoms with E-state index in [9.17, 15) is 13.6 Å². The molecule has 7 nitrogen and oxygen atoms in total. The average Bonchev–Trinajstić information content (AvgIpc) is 2.97. The summed E-state index contributed by atoms with van der Waals surface area (Å²) in [6.07, 6.45) is 1.67. The van der Waals surface area contributed by atoms with Crippen LogP contribution >= 0.6 is 12.6 Å². The van der Waals surface area contributed by atoms with Gasteiger partial charge in [0.1, 0.15) is 17.5 Å². The van der Waals surface area contributed by atoms with Gasteiger partial charge >= 0.3 is 0 Å². The number of aromatic nitrogens is 2. The van der Waals surface area contributed by atoms with E-state index in [1.165, 1.54) is 11.6 Å². The molecule has 0 spiro atoms. The lowest BCUT2D eigenvalue weighted by molar-refractivity contribution is 0.0342. The van der Waals surface area contributed by atoms with E-state index in [-0.39, 0.29) is 23.6 Å². The molecule has 1 fully saturated rings. The van der Waals surface area contributed by atoms with Crippen LogP contribution in [0.15, 0.2) is 88.7 Å². The van der Waals surface area contributed by atoms with Gasteiger partial charge < -0.3 is 21.2 Å². The van der Waals surface area contributed by atoms with E-state index in [1.54, 1.807) is 12.3 Å². The van der Waals surface area contributed by atoms with Gasteiger partial charge in [-0.15, -0.1) is 12.6 Å². The molecule has 42 heavy (non-hydrogen) atoms. The number of rotatable bonds is 4. The monoisotopic (exact) mass is 589 g/mol. The maximum atomic E-state index is 12.3. The van der Waals surface area contributed by atoms with Gasteiger partial charge in [0.05, 0.1) is 24.4 Å². The SMILES string of the molecule is C.Fc1ccc(S)c(F)c1.Nc1nc2ccc(-c3c[nH]c(=O)c(N)c3)cc2cc1-c1ccc(CN2CCOCC2)cc1. The van der Waals surface area contributed by atoms with E-state index in [4.69, 9.17) is 16.2 Å². The summed E-state index contributed by atoms with van der Waals surface area (Å²) in [7, 11) is 0. The van der Waals surface area contributed by atoms with E-state index in [0.717, 1.165) is 78.1 Å². The van der Waals surface area contributed by atoms with Crippen molar-refractivity contribution in [2.75, 3.05) is 37.8 Å². The molecule has 3 heterocycles. The zero-order valence-corrected chi connectivity index (χ0v) is 23.0. The Hall–Kier alpha value is -4.25. The number of pyridine rings is 2. The molecule has 6 rings (SSSR count). The summed E-state index contributed by atoms with van der Waals surface area (Å²) in [6, 6.07) is 21.4. The Morgan fingerprint density at radius 3 is 2.29 bits per heavy atom. The highest BCUT2D eigenvalue weighted by Crippen LogP contribution is 2.31. The van der Waals surface area contributed by atoms with Gasteiger partial charge in [0, 0.05) is 53.3 Å². The molecular formula is C32H33F2N5O2S. The number of anilines is 2. The van der Waals surface area contributed by atoms with Crippen molar-refractivity contribution >= 4 is 35.0 Å². The van der Waals surface area contributed by atoms with Crippen LogP contribution in [0.4, 0.5) is 20.3 Å². The van der Waals surface area contributed by atoms with Crippen LogP contribution in [-0.4, -0.2) is 41.2 Å². The smallest absolute Gasteiger partial charge is 0.271 e. The molecule has 1 aliphatic rings. The quantitative estimate of drug-likeness (QED) is 0.187. The molecular weight excluding hydrogens is 556 g/mol. The highest BCUT2D eigenvalue weighted by molar-refractivity contribution is 7.80. The minimum atomic E-state index is -0.627.